The number of aliphatic hydroxyl groups is 2. The van der Waals surface area contributed by atoms with E-state index < -0.39 is 17.3 Å². The van der Waals surface area contributed by atoms with Gasteiger partial charge < -0.3 is 19.7 Å². The van der Waals surface area contributed by atoms with Crippen LogP contribution in [0.15, 0.2) is 47.6 Å². The van der Waals surface area contributed by atoms with Crippen molar-refractivity contribution < 1.29 is 19.7 Å². The summed E-state index contributed by atoms with van der Waals surface area (Å²) >= 11 is 8.45. The van der Waals surface area contributed by atoms with Crippen LogP contribution < -0.4 is 0 Å². The second-order valence-corrected chi connectivity index (χ2v) is 9.31. The Morgan fingerprint density at radius 1 is 1.19 bits per heavy atom. The highest BCUT2D eigenvalue weighted by Crippen LogP contribution is 2.51. The van der Waals surface area contributed by atoms with Crippen molar-refractivity contribution in [2.75, 3.05) is 18.1 Å². The van der Waals surface area contributed by atoms with E-state index in [2.05, 4.69) is 69.5 Å². The Morgan fingerprint density at radius 2 is 1.85 bits per heavy atom. The first-order valence-electron chi connectivity index (χ1n) is 9.46. The van der Waals surface area contributed by atoms with Crippen molar-refractivity contribution in [1.82, 2.24) is 0 Å². The van der Waals surface area contributed by atoms with E-state index in [0.717, 1.165) is 6.42 Å². The van der Waals surface area contributed by atoms with Crippen LogP contribution in [0.5, 0.6) is 0 Å². The van der Waals surface area contributed by atoms with Gasteiger partial charge in [0.15, 0.2) is 0 Å². The highest BCUT2D eigenvalue weighted by Gasteiger charge is 2.59. The van der Waals surface area contributed by atoms with Gasteiger partial charge in [-0.05, 0) is 23.3 Å². The SMILES string of the molecule is CC(C)(C1=CCC2(C=C1)OC2C(O)CS)C1=CCC2(C=C1)OCC2(O)CS. The van der Waals surface area contributed by atoms with Gasteiger partial charge in [0.05, 0.1) is 12.7 Å². The minimum Gasteiger partial charge on any atom is -0.389 e. The average molecular weight is 409 g/mol. The molecule has 0 bridgehead atoms. The van der Waals surface area contributed by atoms with Crippen molar-refractivity contribution in [3.63, 3.8) is 0 Å². The number of allylic oxidation sites excluding steroid dienone is 4. The highest BCUT2D eigenvalue weighted by molar-refractivity contribution is 7.80. The molecule has 27 heavy (non-hydrogen) atoms. The minimum atomic E-state index is -0.888. The summed E-state index contributed by atoms with van der Waals surface area (Å²) in [5, 5.41) is 20.6. The van der Waals surface area contributed by atoms with E-state index in [-0.39, 0.29) is 17.1 Å². The molecule has 5 atom stereocenters. The molecule has 0 radical (unpaired) electrons. The van der Waals surface area contributed by atoms with E-state index in [1.54, 1.807) is 0 Å². The van der Waals surface area contributed by atoms with Crippen LogP contribution >= 0.6 is 25.3 Å². The van der Waals surface area contributed by atoms with Crippen molar-refractivity contribution in [2.24, 2.45) is 5.41 Å². The molecule has 2 spiro atoms. The summed E-state index contributed by atoms with van der Waals surface area (Å²) in [7, 11) is 0. The Balaban J connectivity index is 1.47. The summed E-state index contributed by atoms with van der Waals surface area (Å²) < 4.78 is 11.5. The molecule has 5 unspecified atom stereocenters. The lowest BCUT2D eigenvalue weighted by Gasteiger charge is -2.54. The molecule has 2 saturated heterocycles. The number of rotatable bonds is 5. The smallest absolute Gasteiger partial charge is 0.129 e. The fourth-order valence-electron chi connectivity index (χ4n) is 4.41. The summed E-state index contributed by atoms with van der Waals surface area (Å²) in [5.41, 5.74) is 0.403. The van der Waals surface area contributed by atoms with E-state index >= 15 is 0 Å². The third-order valence-electron chi connectivity index (χ3n) is 6.71. The summed E-state index contributed by atoms with van der Waals surface area (Å²) in [6, 6.07) is 0. The topological polar surface area (TPSA) is 62.2 Å². The molecule has 4 nitrogen and oxygen atoms in total. The van der Waals surface area contributed by atoms with Crippen molar-refractivity contribution in [3.8, 4) is 0 Å². The van der Waals surface area contributed by atoms with Gasteiger partial charge in [-0.15, -0.1) is 0 Å². The molecule has 2 heterocycles. The Kier molecular flexibility index (Phi) is 4.77. The van der Waals surface area contributed by atoms with E-state index in [4.69, 9.17) is 9.47 Å². The molecular weight excluding hydrogens is 380 g/mol. The first-order chi connectivity index (χ1) is 12.7. The van der Waals surface area contributed by atoms with Gasteiger partial charge in [0.1, 0.15) is 22.9 Å². The van der Waals surface area contributed by atoms with E-state index in [1.165, 1.54) is 11.1 Å². The standard InChI is InChI=1S/C21H28O4S2/c1-18(2,14-3-7-19(8-4-14)17(25-19)16(22)11-26)15-5-9-21(10-6-15)20(23,13-27)12-24-21/h3-7,9,16-17,22-23,26-27H,8,10-13H2,1-2H3. The van der Waals surface area contributed by atoms with Crippen molar-refractivity contribution >= 4 is 25.3 Å². The molecule has 4 aliphatic rings. The summed E-state index contributed by atoms with van der Waals surface area (Å²) in [6.45, 7) is 4.74. The second kappa shape index (κ2) is 6.51. The van der Waals surface area contributed by atoms with Gasteiger partial charge >= 0.3 is 0 Å². The number of hydrogen-bond acceptors (Lipinski definition) is 6. The highest BCUT2D eigenvalue weighted by atomic mass is 32.1. The molecular formula is C21H28O4S2. The monoisotopic (exact) mass is 408 g/mol. The number of thiol groups is 2. The van der Waals surface area contributed by atoms with Gasteiger partial charge in [0.2, 0.25) is 0 Å². The van der Waals surface area contributed by atoms with Crippen molar-refractivity contribution in [2.45, 2.75) is 55.7 Å². The first-order valence-corrected chi connectivity index (χ1v) is 10.7. The minimum absolute atomic E-state index is 0.157. The van der Waals surface area contributed by atoms with Crippen LogP contribution in [0.4, 0.5) is 0 Å². The fraction of sp³-hybridized carbons (Fsp3) is 0.619. The average Bonchev–Trinajstić information content (AvgIpc) is 3.39. The lowest BCUT2D eigenvalue weighted by Crippen LogP contribution is -2.69. The van der Waals surface area contributed by atoms with Crippen LogP contribution in [0.3, 0.4) is 0 Å². The molecule has 0 aromatic heterocycles. The Labute approximate surface area is 171 Å². The number of aliphatic hydroxyl groups excluding tert-OH is 1. The maximum Gasteiger partial charge on any atom is 0.129 e. The van der Waals surface area contributed by atoms with Crippen molar-refractivity contribution in [3.05, 3.63) is 47.6 Å². The molecule has 4 rings (SSSR count). The molecule has 0 saturated carbocycles. The van der Waals surface area contributed by atoms with Gasteiger partial charge in [-0.3, -0.25) is 0 Å². The second-order valence-electron chi connectivity index (χ2n) is 8.63. The molecule has 0 aromatic rings. The largest absolute Gasteiger partial charge is 0.389 e. The molecule has 2 aliphatic heterocycles. The third kappa shape index (κ3) is 2.92. The predicted molar refractivity (Wildman–Crippen MR) is 112 cm³/mol. The van der Waals surface area contributed by atoms with Crippen LogP contribution in [0.2, 0.25) is 0 Å². The van der Waals surface area contributed by atoms with Crippen LogP contribution in [-0.4, -0.2) is 57.3 Å². The van der Waals surface area contributed by atoms with Crippen LogP contribution in [0.1, 0.15) is 26.7 Å². The summed E-state index contributed by atoms with van der Waals surface area (Å²) in [5.74, 6) is 0.793. The van der Waals surface area contributed by atoms with E-state index in [0.29, 0.717) is 24.5 Å². The Bertz CT molecular complexity index is 751. The zero-order valence-electron chi connectivity index (χ0n) is 15.8. The van der Waals surface area contributed by atoms with Gasteiger partial charge in [-0.25, -0.2) is 0 Å². The van der Waals surface area contributed by atoms with Crippen LogP contribution in [0.25, 0.3) is 0 Å². The summed E-state index contributed by atoms with van der Waals surface area (Å²) in [4.78, 5) is 0. The Morgan fingerprint density at radius 3 is 2.30 bits per heavy atom. The number of hydrogen-bond donors (Lipinski definition) is 4. The maximum absolute atomic E-state index is 10.6. The van der Waals surface area contributed by atoms with Crippen LogP contribution in [-0.2, 0) is 9.47 Å². The molecule has 2 aliphatic carbocycles. The number of epoxide rings is 1. The lowest BCUT2D eigenvalue weighted by atomic mass is 9.68. The molecule has 2 N–H and O–H groups in total. The molecule has 0 amide bonds. The van der Waals surface area contributed by atoms with E-state index in [9.17, 15) is 10.2 Å². The fourth-order valence-corrected chi connectivity index (χ4v) is 4.96. The molecule has 0 aromatic carbocycles. The lowest BCUT2D eigenvalue weighted by molar-refractivity contribution is -0.268. The predicted octanol–water partition coefficient (Wildman–Crippen LogP) is 2.64. The quantitative estimate of drug-likeness (QED) is 0.417. The van der Waals surface area contributed by atoms with Gasteiger partial charge in [-0.1, -0.05) is 38.2 Å². The molecule has 2 fully saturated rings. The third-order valence-corrected chi connectivity index (χ3v) is 7.61. The first kappa shape index (κ1) is 19.8. The molecule has 148 valence electrons. The van der Waals surface area contributed by atoms with Gasteiger partial charge in [0, 0.05) is 29.8 Å². The Hall–Kier alpha value is -0.500. The van der Waals surface area contributed by atoms with Crippen molar-refractivity contribution in [1.29, 1.82) is 0 Å². The number of ether oxygens (including phenoxy) is 2. The van der Waals surface area contributed by atoms with E-state index in [1.807, 2.05) is 6.08 Å². The molecule has 6 heteroatoms. The summed E-state index contributed by atoms with van der Waals surface area (Å²) in [6.07, 6.45) is 13.4. The zero-order chi connectivity index (χ0) is 19.5. The van der Waals surface area contributed by atoms with Gasteiger partial charge in [-0.2, -0.15) is 25.3 Å². The maximum atomic E-state index is 10.6. The van der Waals surface area contributed by atoms with Crippen LogP contribution in [0, 0.1) is 5.41 Å². The van der Waals surface area contributed by atoms with Gasteiger partial charge in [0.25, 0.3) is 0 Å². The zero-order valence-corrected chi connectivity index (χ0v) is 17.5. The normalized spacial score (nSPS) is 41.3.